The van der Waals surface area contributed by atoms with Gasteiger partial charge in [-0.2, -0.15) is 0 Å². The quantitative estimate of drug-likeness (QED) is 0.684. The van der Waals surface area contributed by atoms with E-state index in [4.69, 9.17) is 4.74 Å². The zero-order valence-corrected chi connectivity index (χ0v) is 9.37. The third kappa shape index (κ3) is 0.374. The maximum atomic E-state index is 14.3. The summed E-state index contributed by atoms with van der Waals surface area (Å²) in [4.78, 5) is 11.0. The highest BCUT2D eigenvalue weighted by Crippen LogP contribution is 3.20. The maximum absolute atomic E-state index is 14.3. The van der Waals surface area contributed by atoms with E-state index in [1.165, 1.54) is 6.92 Å². The Balaban J connectivity index is 1.50. The van der Waals surface area contributed by atoms with Gasteiger partial charge in [-0.05, 0) is 35.0 Å². The molecule has 7 fully saturated rings. The van der Waals surface area contributed by atoms with E-state index in [1.807, 2.05) is 0 Å². The second-order valence-corrected chi connectivity index (χ2v) is 7.22. The van der Waals surface area contributed by atoms with Crippen LogP contribution in [0.4, 0.5) is 8.78 Å². The van der Waals surface area contributed by atoms with E-state index in [1.54, 1.807) is 0 Å². The topological polar surface area (TPSA) is 26.3 Å². The number of hydrogen-bond acceptors (Lipinski definition) is 2. The maximum Gasteiger partial charge on any atom is 0.302 e. The molecule has 0 aromatic rings. The lowest BCUT2D eigenvalue weighted by atomic mass is 9.14. The zero-order valence-electron chi connectivity index (χ0n) is 9.37. The molecule has 0 aromatic heterocycles. The van der Waals surface area contributed by atoms with Crippen LogP contribution in [0.1, 0.15) is 13.3 Å². The normalized spacial score (nSPS) is 75.6. The van der Waals surface area contributed by atoms with E-state index < -0.39 is 11.8 Å². The fourth-order valence-corrected chi connectivity index (χ4v) is 8.19. The predicted molar refractivity (Wildman–Crippen MR) is 50.9 cm³/mol. The third-order valence-electron chi connectivity index (χ3n) is 7.79. The fourth-order valence-electron chi connectivity index (χ4n) is 8.19. The van der Waals surface area contributed by atoms with Gasteiger partial charge >= 0.3 is 5.97 Å². The van der Waals surface area contributed by atoms with E-state index >= 15 is 0 Å². The van der Waals surface area contributed by atoms with Crippen molar-refractivity contribution in [2.24, 2.45) is 45.8 Å². The first-order valence-electron chi connectivity index (χ1n) is 6.49. The number of esters is 1. The number of hydrogen-bond donors (Lipinski definition) is 0. The van der Waals surface area contributed by atoms with Gasteiger partial charge in [-0.25, -0.2) is 8.78 Å². The Hall–Kier alpha value is -0.670. The number of halogens is 2. The Morgan fingerprint density at radius 1 is 1.29 bits per heavy atom. The van der Waals surface area contributed by atoms with Gasteiger partial charge < -0.3 is 4.74 Å². The first-order valence-corrected chi connectivity index (χ1v) is 6.49. The predicted octanol–water partition coefficient (Wildman–Crippen LogP) is 1.70. The minimum absolute atomic E-state index is 0.0285. The Bertz CT molecular complexity index is 544. The van der Waals surface area contributed by atoms with E-state index in [0.29, 0.717) is 11.8 Å². The van der Waals surface area contributed by atoms with Crippen molar-refractivity contribution in [1.29, 1.82) is 0 Å². The Kier molecular flexibility index (Phi) is 0.795. The molecule has 7 saturated carbocycles. The van der Waals surface area contributed by atoms with Crippen molar-refractivity contribution in [2.75, 3.05) is 6.61 Å². The van der Waals surface area contributed by atoms with Gasteiger partial charge in [-0.1, -0.05) is 0 Å². The SMILES string of the molecule is CC(=O)OC[C@]12[C@@H]3[C@H]4[C@@H]5[C@@H]3[C@]13C[C@]53[C@H]2C4(F)F. The summed E-state index contributed by atoms with van der Waals surface area (Å²) in [5.74, 6) is -2.43. The number of ether oxygens (including phenoxy) is 1. The van der Waals surface area contributed by atoms with E-state index in [0.717, 1.165) is 6.42 Å². The Morgan fingerprint density at radius 3 is 2.76 bits per heavy atom. The van der Waals surface area contributed by atoms with E-state index in [9.17, 15) is 13.6 Å². The van der Waals surface area contributed by atoms with Gasteiger partial charge in [-0.15, -0.1) is 0 Å². The third-order valence-corrected chi connectivity index (χ3v) is 7.79. The molecule has 0 heterocycles. The Labute approximate surface area is 96.7 Å². The van der Waals surface area contributed by atoms with Gasteiger partial charge in [-0.3, -0.25) is 4.79 Å². The standard InChI is InChI=1S/C13H12F2O2/c1-4(16)17-3-11-6-7-5-8(6)13(14,15)9(11)10(5)2-12(7,10)11/h5-9H,2-3H2,1H3/t5-,6-,7-,8+,9+,10+,11+,12-/m0/s1. The molecule has 90 valence electrons. The molecule has 4 heteroatoms. The molecule has 17 heavy (non-hydrogen) atoms. The first kappa shape index (κ1) is 8.44. The van der Waals surface area contributed by atoms with Crippen molar-refractivity contribution >= 4 is 5.97 Å². The molecule has 0 aliphatic heterocycles. The average Bonchev–Trinajstić information content (AvgIpc) is 2.71. The van der Waals surface area contributed by atoms with E-state index in [2.05, 4.69) is 0 Å². The van der Waals surface area contributed by atoms with Crippen LogP contribution in [-0.4, -0.2) is 18.5 Å². The van der Waals surface area contributed by atoms with Crippen LogP contribution < -0.4 is 0 Å². The van der Waals surface area contributed by atoms with Crippen molar-refractivity contribution < 1.29 is 18.3 Å². The summed E-state index contributed by atoms with van der Waals surface area (Å²) in [5, 5.41) is 0. The smallest absolute Gasteiger partial charge is 0.302 e. The largest absolute Gasteiger partial charge is 0.465 e. The summed E-state index contributed by atoms with van der Waals surface area (Å²) in [6.45, 7) is 1.64. The van der Waals surface area contributed by atoms with Crippen LogP contribution in [0.15, 0.2) is 0 Å². The molecule has 7 aliphatic carbocycles. The molecular weight excluding hydrogens is 226 g/mol. The molecular formula is C13H12F2O2. The molecule has 2 spiro atoms. The highest BCUT2D eigenvalue weighted by molar-refractivity contribution is 5.68. The highest BCUT2D eigenvalue weighted by Gasteiger charge is 3.21. The number of rotatable bonds is 2. The van der Waals surface area contributed by atoms with Crippen molar-refractivity contribution in [2.45, 2.75) is 19.3 Å². The van der Waals surface area contributed by atoms with Crippen LogP contribution in [0.25, 0.3) is 0 Å². The molecule has 0 saturated heterocycles. The molecule has 7 rings (SSSR count). The summed E-state index contributed by atoms with van der Waals surface area (Å²) < 4.78 is 33.7. The lowest BCUT2D eigenvalue weighted by Gasteiger charge is -2.88. The van der Waals surface area contributed by atoms with Gasteiger partial charge in [0, 0.05) is 24.2 Å². The number of alkyl halides is 2. The minimum Gasteiger partial charge on any atom is -0.465 e. The molecule has 0 unspecified atom stereocenters. The Morgan fingerprint density at radius 2 is 2.06 bits per heavy atom. The molecule has 0 aromatic carbocycles. The highest BCUT2D eigenvalue weighted by atomic mass is 19.3. The molecule has 7 aliphatic rings. The van der Waals surface area contributed by atoms with Gasteiger partial charge in [0.15, 0.2) is 0 Å². The van der Waals surface area contributed by atoms with Gasteiger partial charge in [0.05, 0.1) is 6.61 Å². The summed E-state index contributed by atoms with van der Waals surface area (Å²) in [7, 11) is 0. The van der Waals surface area contributed by atoms with Crippen LogP contribution >= 0.6 is 0 Å². The minimum atomic E-state index is -2.46. The lowest BCUT2D eigenvalue weighted by Crippen LogP contribution is -2.88. The van der Waals surface area contributed by atoms with Crippen LogP contribution in [0.5, 0.6) is 0 Å². The fraction of sp³-hybridized carbons (Fsp3) is 0.923. The summed E-state index contributed by atoms with van der Waals surface area (Å²) in [6, 6.07) is 0. The van der Waals surface area contributed by atoms with Crippen LogP contribution in [0, 0.1) is 45.8 Å². The first-order chi connectivity index (χ1) is 7.98. The molecule has 2 bridgehead atoms. The van der Waals surface area contributed by atoms with Crippen molar-refractivity contribution in [3.63, 3.8) is 0 Å². The van der Waals surface area contributed by atoms with Crippen LogP contribution in [0.3, 0.4) is 0 Å². The van der Waals surface area contributed by atoms with Crippen LogP contribution in [0.2, 0.25) is 0 Å². The second-order valence-electron chi connectivity index (χ2n) is 7.22. The number of carbonyl (C=O) groups is 1. The molecule has 0 radical (unpaired) electrons. The number of carbonyl (C=O) groups excluding carboxylic acids is 1. The summed E-state index contributed by atoms with van der Waals surface area (Å²) in [6.07, 6.45) is 1.02. The molecule has 8 atom stereocenters. The van der Waals surface area contributed by atoms with Crippen molar-refractivity contribution in [3.8, 4) is 0 Å². The monoisotopic (exact) mass is 238 g/mol. The average molecular weight is 238 g/mol. The summed E-state index contributed by atoms with van der Waals surface area (Å²) in [5.41, 5.74) is -0.0289. The van der Waals surface area contributed by atoms with Crippen LogP contribution in [-0.2, 0) is 9.53 Å². The van der Waals surface area contributed by atoms with Crippen molar-refractivity contribution in [1.82, 2.24) is 0 Å². The van der Waals surface area contributed by atoms with E-state index in [-0.39, 0.29) is 40.7 Å². The molecule has 2 nitrogen and oxygen atoms in total. The summed E-state index contributed by atoms with van der Waals surface area (Å²) >= 11 is 0. The lowest BCUT2D eigenvalue weighted by molar-refractivity contribution is -0.444. The molecule has 0 amide bonds. The van der Waals surface area contributed by atoms with Gasteiger partial charge in [0.1, 0.15) is 0 Å². The van der Waals surface area contributed by atoms with Gasteiger partial charge in [0.2, 0.25) is 0 Å². The second kappa shape index (κ2) is 1.60. The van der Waals surface area contributed by atoms with Gasteiger partial charge in [0.25, 0.3) is 5.92 Å². The van der Waals surface area contributed by atoms with Crippen molar-refractivity contribution in [3.05, 3.63) is 0 Å². The molecule has 0 N–H and O–H groups in total. The zero-order chi connectivity index (χ0) is 11.6.